The van der Waals surface area contributed by atoms with Crippen molar-refractivity contribution in [3.63, 3.8) is 0 Å². The average Bonchev–Trinajstić information content (AvgIpc) is 2.58. The van der Waals surface area contributed by atoms with Crippen LogP contribution in [-0.4, -0.2) is 50.7 Å². The first-order chi connectivity index (χ1) is 12.7. The molecule has 156 valence electrons. The van der Waals surface area contributed by atoms with Crippen LogP contribution in [0.25, 0.3) is 0 Å². The van der Waals surface area contributed by atoms with Gasteiger partial charge in [-0.1, -0.05) is 25.5 Å². The molecule has 0 saturated heterocycles. The number of benzene rings is 1. The highest BCUT2D eigenvalue weighted by Gasteiger charge is 2.10. The fourth-order valence-electron chi connectivity index (χ4n) is 2.90. The van der Waals surface area contributed by atoms with E-state index in [1.807, 2.05) is 0 Å². The van der Waals surface area contributed by atoms with Crippen molar-refractivity contribution >= 4 is 15.7 Å². The highest BCUT2D eigenvalue weighted by molar-refractivity contribution is 7.92. The number of sulfonamides is 1. The maximum absolute atomic E-state index is 12.1. The van der Waals surface area contributed by atoms with Crippen LogP contribution in [-0.2, 0) is 10.0 Å². The Labute approximate surface area is 161 Å². The highest BCUT2D eigenvalue weighted by atomic mass is 32.2. The molecule has 1 atom stereocenters. The lowest BCUT2D eigenvalue weighted by Gasteiger charge is -2.21. The van der Waals surface area contributed by atoms with Crippen LogP contribution in [0.1, 0.15) is 57.1 Å². The van der Waals surface area contributed by atoms with Gasteiger partial charge >= 0.3 is 0 Å². The van der Waals surface area contributed by atoms with Crippen LogP contribution >= 0.6 is 0 Å². The summed E-state index contributed by atoms with van der Waals surface area (Å²) in [4.78, 5) is 2.27. The van der Waals surface area contributed by atoms with Gasteiger partial charge in [0.15, 0.2) is 0 Å². The number of aliphatic hydroxyl groups is 1. The van der Waals surface area contributed by atoms with E-state index in [9.17, 15) is 22.3 Å². The van der Waals surface area contributed by atoms with Gasteiger partial charge in [0.05, 0.1) is 12.4 Å². The predicted octanol–water partition coefficient (Wildman–Crippen LogP) is 4.02. The van der Waals surface area contributed by atoms with Gasteiger partial charge in [0.25, 0.3) is 0 Å². The normalized spacial score (nSPS) is 13.3. The van der Waals surface area contributed by atoms with Crippen LogP contribution < -0.4 is 4.72 Å². The van der Waals surface area contributed by atoms with Crippen molar-refractivity contribution in [3.05, 3.63) is 29.8 Å². The molecule has 0 aliphatic carbocycles. The number of hydrogen-bond donors (Lipinski definition) is 2. The highest BCUT2D eigenvalue weighted by Crippen LogP contribution is 2.21. The molecule has 0 spiro atoms. The Kier molecular flexibility index (Phi) is 10.8. The number of alkyl halides is 2. The molecule has 0 aliphatic rings. The van der Waals surface area contributed by atoms with Gasteiger partial charge in [0.1, 0.15) is 0 Å². The van der Waals surface area contributed by atoms with Crippen molar-refractivity contribution in [2.75, 3.05) is 30.6 Å². The van der Waals surface area contributed by atoms with E-state index in [-0.39, 0.29) is 6.42 Å². The summed E-state index contributed by atoms with van der Waals surface area (Å²) in [6, 6.07) is 6.71. The van der Waals surface area contributed by atoms with Gasteiger partial charge in [-0.25, -0.2) is 17.2 Å². The Morgan fingerprint density at radius 1 is 1.04 bits per heavy atom. The fourth-order valence-corrected chi connectivity index (χ4v) is 3.47. The number of aliphatic hydroxyl groups excluding tert-OH is 1. The summed E-state index contributed by atoms with van der Waals surface area (Å²) in [5.41, 5.74) is 1.22. The maximum Gasteiger partial charge on any atom is 0.238 e. The number of hydrogen-bond acceptors (Lipinski definition) is 4. The van der Waals surface area contributed by atoms with E-state index in [0.29, 0.717) is 18.5 Å². The van der Waals surface area contributed by atoms with E-state index in [1.165, 1.54) is 0 Å². The van der Waals surface area contributed by atoms with Crippen molar-refractivity contribution in [1.82, 2.24) is 4.90 Å². The molecule has 2 N–H and O–H groups in total. The monoisotopic (exact) mass is 406 g/mol. The first kappa shape index (κ1) is 23.8. The molecule has 0 aromatic heterocycles. The Balaban J connectivity index is 2.30. The van der Waals surface area contributed by atoms with Gasteiger partial charge in [-0.3, -0.25) is 4.72 Å². The minimum atomic E-state index is -3.31. The van der Waals surface area contributed by atoms with Crippen LogP contribution in [0.5, 0.6) is 0 Å². The molecule has 1 rings (SSSR count). The third-order valence-corrected chi connectivity index (χ3v) is 5.00. The maximum atomic E-state index is 12.1. The lowest BCUT2D eigenvalue weighted by atomic mass is 10.0. The van der Waals surface area contributed by atoms with E-state index in [4.69, 9.17) is 0 Å². The average molecular weight is 407 g/mol. The molecular weight excluding hydrogens is 374 g/mol. The van der Waals surface area contributed by atoms with Crippen molar-refractivity contribution in [1.29, 1.82) is 0 Å². The predicted molar refractivity (Wildman–Crippen MR) is 106 cm³/mol. The second-order valence-electron chi connectivity index (χ2n) is 6.83. The van der Waals surface area contributed by atoms with E-state index in [1.54, 1.807) is 24.3 Å². The Bertz CT molecular complexity index is 624. The Hall–Kier alpha value is -1.25. The van der Waals surface area contributed by atoms with Gasteiger partial charge in [-0.15, -0.1) is 0 Å². The van der Waals surface area contributed by atoms with Crippen LogP contribution in [0.15, 0.2) is 24.3 Å². The summed E-state index contributed by atoms with van der Waals surface area (Å²) in [6.07, 6.45) is 2.01. The summed E-state index contributed by atoms with van der Waals surface area (Å²) in [5, 5.41) is 10.3. The van der Waals surface area contributed by atoms with Crippen molar-refractivity contribution < 1.29 is 22.3 Å². The van der Waals surface area contributed by atoms with Crippen LogP contribution in [0.2, 0.25) is 0 Å². The molecular formula is C19H32F2N2O3S. The first-order valence-electron chi connectivity index (χ1n) is 9.47. The fraction of sp³-hybridized carbons (Fsp3) is 0.684. The Morgan fingerprint density at radius 3 is 2.22 bits per heavy atom. The minimum Gasteiger partial charge on any atom is -0.388 e. The molecule has 0 bridgehead atoms. The quantitative estimate of drug-likeness (QED) is 0.458. The summed E-state index contributed by atoms with van der Waals surface area (Å²) < 4.78 is 49.0. The lowest BCUT2D eigenvalue weighted by Crippen LogP contribution is -2.26. The second kappa shape index (κ2) is 12.3. The van der Waals surface area contributed by atoms with E-state index in [0.717, 1.165) is 50.7 Å². The molecule has 0 aliphatic heterocycles. The van der Waals surface area contributed by atoms with Crippen molar-refractivity contribution in [2.45, 2.75) is 58.0 Å². The summed E-state index contributed by atoms with van der Waals surface area (Å²) >= 11 is 0. The SMILES string of the molecule is CCN(CCCCCC(F)F)CCC[C@H](O)c1ccc(NS(C)(=O)=O)cc1. The number of rotatable bonds is 14. The number of nitrogens with zero attached hydrogens (tertiary/aromatic N) is 1. The van der Waals surface area contributed by atoms with Gasteiger partial charge < -0.3 is 10.0 Å². The van der Waals surface area contributed by atoms with Crippen LogP contribution in [0.3, 0.4) is 0 Å². The molecule has 1 aromatic rings. The third kappa shape index (κ3) is 11.2. The molecule has 5 nitrogen and oxygen atoms in total. The van der Waals surface area contributed by atoms with Crippen molar-refractivity contribution in [3.8, 4) is 0 Å². The molecule has 0 heterocycles. The number of unbranched alkanes of at least 4 members (excludes halogenated alkanes) is 2. The van der Waals surface area contributed by atoms with Crippen LogP contribution in [0, 0.1) is 0 Å². The first-order valence-corrected chi connectivity index (χ1v) is 11.4. The zero-order valence-electron chi connectivity index (χ0n) is 16.2. The number of anilines is 1. The summed E-state index contributed by atoms with van der Waals surface area (Å²) in [6.45, 7) is 4.72. The molecule has 0 unspecified atom stereocenters. The molecule has 27 heavy (non-hydrogen) atoms. The largest absolute Gasteiger partial charge is 0.388 e. The van der Waals surface area contributed by atoms with E-state index < -0.39 is 22.6 Å². The van der Waals surface area contributed by atoms with Crippen LogP contribution in [0.4, 0.5) is 14.5 Å². The van der Waals surface area contributed by atoms with E-state index in [2.05, 4.69) is 16.5 Å². The lowest BCUT2D eigenvalue weighted by molar-refractivity contribution is 0.133. The molecule has 8 heteroatoms. The van der Waals surface area contributed by atoms with Gasteiger partial charge in [0, 0.05) is 12.1 Å². The van der Waals surface area contributed by atoms with Gasteiger partial charge in [0.2, 0.25) is 16.4 Å². The molecule has 0 saturated carbocycles. The summed E-state index contributed by atoms with van der Waals surface area (Å²) in [5.74, 6) is 0. The molecule has 0 radical (unpaired) electrons. The molecule has 0 amide bonds. The third-order valence-electron chi connectivity index (χ3n) is 4.39. The summed E-state index contributed by atoms with van der Waals surface area (Å²) in [7, 11) is -3.31. The zero-order chi connectivity index (χ0) is 20.3. The van der Waals surface area contributed by atoms with E-state index >= 15 is 0 Å². The number of nitrogens with one attached hydrogen (secondary N) is 1. The van der Waals surface area contributed by atoms with Gasteiger partial charge in [-0.2, -0.15) is 0 Å². The standard InChI is InChI=1S/C19H32F2N2O3S/c1-3-23(14-6-4-5-9-19(20)21)15-7-8-18(24)16-10-12-17(13-11-16)22-27(2,25)26/h10-13,18-19,22,24H,3-9,14-15H2,1-2H3/t18-/m0/s1. The topological polar surface area (TPSA) is 69.6 Å². The van der Waals surface area contributed by atoms with Gasteiger partial charge in [-0.05, 0) is 63.0 Å². The minimum absolute atomic E-state index is 0.0171. The zero-order valence-corrected chi connectivity index (χ0v) is 17.0. The Morgan fingerprint density at radius 2 is 1.67 bits per heavy atom. The molecule has 1 aromatic carbocycles. The smallest absolute Gasteiger partial charge is 0.238 e. The molecule has 0 fully saturated rings. The number of halogens is 2. The van der Waals surface area contributed by atoms with Crippen molar-refractivity contribution in [2.24, 2.45) is 0 Å². The second-order valence-corrected chi connectivity index (χ2v) is 8.58.